The zero-order valence-corrected chi connectivity index (χ0v) is 5.23. The lowest BCUT2D eigenvalue weighted by molar-refractivity contribution is 1.10. The largest absolute Gasteiger partial charge is 0.192 e. The van der Waals surface area contributed by atoms with Crippen molar-refractivity contribution in [2.45, 2.75) is 20.3 Å². The fourth-order valence-electron chi connectivity index (χ4n) is 0.258. The Balaban J connectivity index is 3.97. The summed E-state index contributed by atoms with van der Waals surface area (Å²) in [6.45, 7) is 3.99. The highest BCUT2D eigenvalue weighted by molar-refractivity contribution is 5.06. The van der Waals surface area contributed by atoms with Crippen LogP contribution in [0.3, 0.4) is 0 Å². The molecule has 0 aliphatic heterocycles. The number of hydrogen-bond acceptors (Lipinski definition) is 1. The summed E-state index contributed by atoms with van der Waals surface area (Å²) >= 11 is 0. The molecule has 0 aromatic heterocycles. The number of allylic oxidation sites excluding steroid dienone is 1. The Morgan fingerprint density at radius 3 is 2.75 bits per heavy atom. The standard InChI is InChI=1S/C7H9N/c1-3-7(2)5-4-6-8/h4H,3H2,1-2H3. The molecule has 0 heterocycles. The van der Waals surface area contributed by atoms with Crippen molar-refractivity contribution in [3.8, 4) is 6.07 Å². The first-order chi connectivity index (χ1) is 3.81. The van der Waals surface area contributed by atoms with Crippen molar-refractivity contribution in [2.24, 2.45) is 0 Å². The van der Waals surface area contributed by atoms with Gasteiger partial charge in [0.05, 0.1) is 12.1 Å². The average Bonchev–Trinajstić information content (AvgIpc) is 1.83. The van der Waals surface area contributed by atoms with Crippen LogP contribution in [-0.4, -0.2) is 0 Å². The van der Waals surface area contributed by atoms with Crippen LogP contribution in [0.4, 0.5) is 0 Å². The zero-order valence-electron chi connectivity index (χ0n) is 5.23. The fourth-order valence-corrected chi connectivity index (χ4v) is 0.258. The Morgan fingerprint density at radius 1 is 1.75 bits per heavy atom. The normalized spacial score (nSPS) is 6.62. The maximum absolute atomic E-state index is 8.03. The second-order valence-electron chi connectivity index (χ2n) is 1.55. The van der Waals surface area contributed by atoms with Crippen LogP contribution in [-0.2, 0) is 0 Å². The van der Waals surface area contributed by atoms with E-state index in [9.17, 15) is 0 Å². The highest BCUT2D eigenvalue weighted by atomic mass is 14.2. The molecule has 0 saturated carbocycles. The molecule has 0 aromatic carbocycles. The topological polar surface area (TPSA) is 23.8 Å². The molecule has 0 spiro atoms. The summed E-state index contributed by atoms with van der Waals surface area (Å²) in [5.41, 5.74) is 3.93. The molecule has 0 fully saturated rings. The quantitative estimate of drug-likeness (QED) is 0.371. The molecule has 0 N–H and O–H groups in total. The van der Waals surface area contributed by atoms with Crippen molar-refractivity contribution in [3.63, 3.8) is 0 Å². The van der Waals surface area contributed by atoms with E-state index in [2.05, 4.69) is 5.73 Å². The second-order valence-corrected chi connectivity index (χ2v) is 1.55. The average molecular weight is 107 g/mol. The van der Waals surface area contributed by atoms with E-state index in [0.717, 1.165) is 12.0 Å². The maximum Gasteiger partial charge on any atom is 0.0996 e. The van der Waals surface area contributed by atoms with Crippen molar-refractivity contribution in [3.05, 3.63) is 17.4 Å². The molecule has 1 heteroatoms. The van der Waals surface area contributed by atoms with E-state index >= 15 is 0 Å². The lowest BCUT2D eigenvalue weighted by Gasteiger charge is -1.81. The monoisotopic (exact) mass is 107 g/mol. The van der Waals surface area contributed by atoms with E-state index in [0.29, 0.717) is 0 Å². The van der Waals surface area contributed by atoms with Gasteiger partial charge in [0.1, 0.15) is 0 Å². The molecular formula is C7H9N. The van der Waals surface area contributed by atoms with Crippen molar-refractivity contribution in [1.29, 1.82) is 5.26 Å². The van der Waals surface area contributed by atoms with Gasteiger partial charge in [-0.05, 0) is 18.9 Å². The van der Waals surface area contributed by atoms with Crippen LogP contribution in [0.15, 0.2) is 17.4 Å². The van der Waals surface area contributed by atoms with Gasteiger partial charge in [-0.15, -0.1) is 5.73 Å². The summed E-state index contributed by atoms with van der Waals surface area (Å²) in [5, 5.41) is 8.03. The number of hydrogen-bond donors (Lipinski definition) is 0. The molecular weight excluding hydrogens is 98.1 g/mol. The van der Waals surface area contributed by atoms with E-state index < -0.39 is 0 Å². The van der Waals surface area contributed by atoms with E-state index in [1.807, 2.05) is 19.9 Å². The minimum atomic E-state index is 0.970. The summed E-state index contributed by atoms with van der Waals surface area (Å²) < 4.78 is 0. The van der Waals surface area contributed by atoms with Crippen LogP contribution in [0.1, 0.15) is 20.3 Å². The third-order valence-electron chi connectivity index (χ3n) is 0.913. The van der Waals surface area contributed by atoms with Crippen LogP contribution < -0.4 is 0 Å². The van der Waals surface area contributed by atoms with Gasteiger partial charge in [-0.25, -0.2) is 0 Å². The molecule has 8 heavy (non-hydrogen) atoms. The van der Waals surface area contributed by atoms with Crippen LogP contribution in [0.5, 0.6) is 0 Å². The zero-order chi connectivity index (χ0) is 6.41. The Bertz CT molecular complexity index is 154. The minimum absolute atomic E-state index is 0.970. The number of nitrogens with zero attached hydrogens (tertiary/aromatic N) is 1. The third kappa shape index (κ3) is 3.21. The van der Waals surface area contributed by atoms with Gasteiger partial charge in [0.25, 0.3) is 0 Å². The summed E-state index contributed by atoms with van der Waals surface area (Å²) in [5.74, 6) is 0. The molecule has 0 aliphatic carbocycles. The van der Waals surface area contributed by atoms with Crippen molar-refractivity contribution < 1.29 is 0 Å². The smallest absolute Gasteiger partial charge is 0.0996 e. The van der Waals surface area contributed by atoms with E-state index in [4.69, 9.17) is 5.26 Å². The molecule has 0 saturated heterocycles. The van der Waals surface area contributed by atoms with Gasteiger partial charge in [-0.3, -0.25) is 0 Å². The molecule has 1 nitrogen and oxygen atoms in total. The minimum Gasteiger partial charge on any atom is -0.192 e. The van der Waals surface area contributed by atoms with Gasteiger partial charge in [0, 0.05) is 0 Å². The molecule has 0 amide bonds. The highest BCUT2D eigenvalue weighted by Gasteiger charge is 1.74. The Hall–Kier alpha value is -0.990. The first-order valence-electron chi connectivity index (χ1n) is 2.61. The van der Waals surface area contributed by atoms with Gasteiger partial charge in [-0.2, -0.15) is 5.26 Å². The third-order valence-corrected chi connectivity index (χ3v) is 0.913. The lowest BCUT2D eigenvalue weighted by Crippen LogP contribution is -1.62. The Labute approximate surface area is 49.9 Å². The van der Waals surface area contributed by atoms with Gasteiger partial charge >= 0.3 is 0 Å². The van der Waals surface area contributed by atoms with Gasteiger partial charge < -0.3 is 0 Å². The summed E-state index contributed by atoms with van der Waals surface area (Å²) in [6, 6.07) is 1.88. The lowest BCUT2D eigenvalue weighted by atomic mass is 10.2. The van der Waals surface area contributed by atoms with Crippen LogP contribution in [0, 0.1) is 11.3 Å². The van der Waals surface area contributed by atoms with E-state index in [1.165, 1.54) is 6.08 Å². The summed E-state index contributed by atoms with van der Waals surface area (Å²) in [6.07, 6.45) is 2.34. The highest BCUT2D eigenvalue weighted by Crippen LogP contribution is 1.92. The molecule has 0 unspecified atom stereocenters. The molecule has 0 atom stereocenters. The summed E-state index contributed by atoms with van der Waals surface area (Å²) in [7, 11) is 0. The molecule has 0 radical (unpaired) electrons. The van der Waals surface area contributed by atoms with E-state index in [1.54, 1.807) is 0 Å². The van der Waals surface area contributed by atoms with E-state index in [-0.39, 0.29) is 0 Å². The number of nitriles is 1. The van der Waals surface area contributed by atoms with Crippen molar-refractivity contribution >= 4 is 0 Å². The molecule has 0 bridgehead atoms. The molecule has 0 rings (SSSR count). The molecule has 0 aromatic rings. The van der Waals surface area contributed by atoms with Crippen LogP contribution >= 0.6 is 0 Å². The fraction of sp³-hybridized carbons (Fsp3) is 0.429. The Morgan fingerprint density at radius 2 is 2.38 bits per heavy atom. The van der Waals surface area contributed by atoms with Gasteiger partial charge in [0.15, 0.2) is 0 Å². The van der Waals surface area contributed by atoms with Crippen molar-refractivity contribution in [2.75, 3.05) is 0 Å². The van der Waals surface area contributed by atoms with Gasteiger partial charge in [-0.1, -0.05) is 6.92 Å². The molecule has 42 valence electrons. The Kier molecular flexibility index (Phi) is 3.66. The molecule has 0 aliphatic rings. The van der Waals surface area contributed by atoms with Crippen LogP contribution in [0.25, 0.3) is 0 Å². The van der Waals surface area contributed by atoms with Crippen molar-refractivity contribution in [1.82, 2.24) is 0 Å². The maximum atomic E-state index is 8.03. The predicted molar refractivity (Wildman–Crippen MR) is 33.2 cm³/mol. The first-order valence-corrected chi connectivity index (χ1v) is 2.61. The predicted octanol–water partition coefficient (Wildman–Crippen LogP) is 2.02. The summed E-state index contributed by atoms with van der Waals surface area (Å²) in [4.78, 5) is 0. The second kappa shape index (κ2) is 4.18. The van der Waals surface area contributed by atoms with Crippen LogP contribution in [0.2, 0.25) is 0 Å². The van der Waals surface area contributed by atoms with Gasteiger partial charge in [0.2, 0.25) is 0 Å². The number of rotatable bonds is 1. The SMILES string of the molecule is CCC(C)=C=CC#N. The first kappa shape index (κ1) is 7.01.